The molecule has 0 aliphatic rings. The van der Waals surface area contributed by atoms with E-state index in [0.29, 0.717) is 17.2 Å². The van der Waals surface area contributed by atoms with Crippen molar-refractivity contribution in [2.75, 3.05) is 5.32 Å². The number of aliphatic hydroxyl groups excluding tert-OH is 1. The van der Waals surface area contributed by atoms with Crippen LogP contribution in [0.5, 0.6) is 11.5 Å². The number of anilines is 1. The van der Waals surface area contributed by atoms with Crippen LogP contribution in [-0.4, -0.2) is 17.1 Å². The molecule has 20 heavy (non-hydrogen) atoms. The third-order valence-electron chi connectivity index (χ3n) is 2.74. The molecule has 104 valence electrons. The van der Waals surface area contributed by atoms with E-state index >= 15 is 0 Å². The molecule has 0 fully saturated rings. The van der Waals surface area contributed by atoms with Crippen LogP contribution in [0.1, 0.15) is 12.5 Å². The molecule has 0 heterocycles. The topological polar surface area (TPSA) is 58.6 Å². The number of para-hydroxylation sites is 1. The monoisotopic (exact) mass is 271 g/mol. The van der Waals surface area contributed by atoms with Crippen LogP contribution in [0.4, 0.5) is 5.69 Å². The normalized spacial score (nSPS) is 11.8. The predicted molar refractivity (Wildman–Crippen MR) is 78.0 cm³/mol. The summed E-state index contributed by atoms with van der Waals surface area (Å²) in [6.45, 7) is 3.34. The number of hydrogen-bond acceptors (Lipinski definition) is 3. The van der Waals surface area contributed by atoms with Crippen molar-refractivity contribution >= 4 is 11.6 Å². The highest BCUT2D eigenvalue weighted by Crippen LogP contribution is 2.30. The first-order valence-corrected chi connectivity index (χ1v) is 6.39. The van der Waals surface area contributed by atoms with Crippen molar-refractivity contribution in [2.45, 2.75) is 20.0 Å². The first kappa shape index (κ1) is 14.1. The van der Waals surface area contributed by atoms with Crippen LogP contribution in [0.3, 0.4) is 0 Å². The summed E-state index contributed by atoms with van der Waals surface area (Å²) in [5.74, 6) is 0.758. The predicted octanol–water partition coefficient (Wildman–Crippen LogP) is 3.11. The Labute approximate surface area is 118 Å². The highest BCUT2D eigenvalue weighted by atomic mass is 16.5. The number of aryl methyl sites for hydroxylation is 1. The molecule has 0 aliphatic heterocycles. The van der Waals surface area contributed by atoms with Crippen LogP contribution in [0.15, 0.2) is 48.5 Å². The number of ether oxygens (including phenoxy) is 1. The van der Waals surface area contributed by atoms with Crippen LogP contribution in [0.25, 0.3) is 0 Å². The van der Waals surface area contributed by atoms with E-state index < -0.39 is 12.0 Å². The van der Waals surface area contributed by atoms with Gasteiger partial charge in [-0.05, 0) is 43.7 Å². The zero-order valence-electron chi connectivity index (χ0n) is 11.5. The van der Waals surface area contributed by atoms with Crippen molar-refractivity contribution in [3.05, 3.63) is 54.1 Å². The lowest BCUT2D eigenvalue weighted by Gasteiger charge is -2.14. The molecule has 2 N–H and O–H groups in total. The number of hydrogen-bond donors (Lipinski definition) is 2. The lowest BCUT2D eigenvalue weighted by Crippen LogP contribution is -2.24. The van der Waals surface area contributed by atoms with Gasteiger partial charge in [0.1, 0.15) is 11.9 Å². The van der Waals surface area contributed by atoms with Crippen molar-refractivity contribution in [1.82, 2.24) is 0 Å². The molecule has 2 aromatic rings. The van der Waals surface area contributed by atoms with Gasteiger partial charge in [0.05, 0.1) is 5.69 Å². The minimum Gasteiger partial charge on any atom is -0.455 e. The minimum absolute atomic E-state index is 0.464. The Morgan fingerprint density at radius 1 is 1.20 bits per heavy atom. The fourth-order valence-electron chi connectivity index (χ4n) is 1.68. The summed E-state index contributed by atoms with van der Waals surface area (Å²) in [5, 5.41) is 11.9. The van der Waals surface area contributed by atoms with Gasteiger partial charge in [0.15, 0.2) is 5.75 Å². The second kappa shape index (κ2) is 6.21. The molecule has 0 saturated heterocycles. The van der Waals surface area contributed by atoms with E-state index in [4.69, 9.17) is 4.74 Å². The molecule has 0 aromatic heterocycles. The van der Waals surface area contributed by atoms with E-state index in [9.17, 15) is 9.90 Å². The molecular formula is C16H17NO3. The Morgan fingerprint density at radius 3 is 2.55 bits per heavy atom. The summed E-state index contributed by atoms with van der Waals surface area (Å²) >= 11 is 0. The SMILES string of the molecule is Cc1ccc(Oc2ccccc2)c(NC(=O)C(C)O)c1. The number of carbonyl (C=O) groups is 1. The van der Waals surface area contributed by atoms with Crippen LogP contribution in [-0.2, 0) is 4.79 Å². The maximum Gasteiger partial charge on any atom is 0.253 e. The number of benzene rings is 2. The second-order valence-electron chi connectivity index (χ2n) is 4.58. The Kier molecular flexibility index (Phi) is 4.38. The van der Waals surface area contributed by atoms with Crippen LogP contribution in [0.2, 0.25) is 0 Å². The number of amides is 1. The maximum absolute atomic E-state index is 11.6. The van der Waals surface area contributed by atoms with Gasteiger partial charge in [0, 0.05) is 0 Å². The largest absolute Gasteiger partial charge is 0.455 e. The molecule has 1 unspecified atom stereocenters. The lowest BCUT2D eigenvalue weighted by atomic mass is 10.2. The summed E-state index contributed by atoms with van der Waals surface area (Å²) in [6.07, 6.45) is -1.07. The zero-order valence-corrected chi connectivity index (χ0v) is 11.5. The van der Waals surface area contributed by atoms with Gasteiger partial charge < -0.3 is 15.2 Å². The third kappa shape index (κ3) is 3.59. The van der Waals surface area contributed by atoms with Crippen LogP contribution in [0, 0.1) is 6.92 Å². The average Bonchev–Trinajstić information content (AvgIpc) is 2.43. The summed E-state index contributed by atoms with van der Waals surface area (Å²) < 4.78 is 5.75. The molecule has 0 bridgehead atoms. The highest BCUT2D eigenvalue weighted by Gasteiger charge is 2.13. The molecule has 2 rings (SSSR count). The number of rotatable bonds is 4. The fraction of sp³-hybridized carbons (Fsp3) is 0.188. The van der Waals surface area contributed by atoms with Crippen molar-refractivity contribution in [1.29, 1.82) is 0 Å². The van der Waals surface area contributed by atoms with E-state index in [2.05, 4.69) is 5.32 Å². The van der Waals surface area contributed by atoms with Crippen molar-refractivity contribution in [3.8, 4) is 11.5 Å². The Bertz CT molecular complexity index is 594. The first-order valence-electron chi connectivity index (χ1n) is 6.39. The van der Waals surface area contributed by atoms with Crippen molar-refractivity contribution in [2.24, 2.45) is 0 Å². The molecule has 4 heteroatoms. The molecule has 0 radical (unpaired) electrons. The van der Waals surface area contributed by atoms with Gasteiger partial charge in [-0.2, -0.15) is 0 Å². The van der Waals surface area contributed by atoms with E-state index in [-0.39, 0.29) is 0 Å². The summed E-state index contributed by atoms with van der Waals surface area (Å²) in [4.78, 5) is 11.6. The van der Waals surface area contributed by atoms with Gasteiger partial charge in [-0.15, -0.1) is 0 Å². The number of aliphatic hydroxyl groups is 1. The fourth-order valence-corrected chi connectivity index (χ4v) is 1.68. The summed E-state index contributed by atoms with van der Waals surface area (Å²) in [5.41, 5.74) is 1.53. The summed E-state index contributed by atoms with van der Waals surface area (Å²) in [6, 6.07) is 14.8. The molecule has 4 nitrogen and oxygen atoms in total. The Hall–Kier alpha value is -2.33. The van der Waals surface area contributed by atoms with E-state index in [1.807, 2.05) is 43.3 Å². The van der Waals surface area contributed by atoms with Crippen molar-refractivity contribution < 1.29 is 14.6 Å². The smallest absolute Gasteiger partial charge is 0.253 e. The van der Waals surface area contributed by atoms with E-state index in [0.717, 1.165) is 5.56 Å². The van der Waals surface area contributed by atoms with Gasteiger partial charge in [-0.25, -0.2) is 0 Å². The van der Waals surface area contributed by atoms with Crippen molar-refractivity contribution in [3.63, 3.8) is 0 Å². The number of nitrogens with one attached hydrogen (secondary N) is 1. The minimum atomic E-state index is -1.07. The van der Waals surface area contributed by atoms with Gasteiger partial charge in [-0.1, -0.05) is 24.3 Å². The van der Waals surface area contributed by atoms with Gasteiger partial charge >= 0.3 is 0 Å². The molecule has 0 saturated carbocycles. The van der Waals surface area contributed by atoms with Gasteiger partial charge in [0.25, 0.3) is 5.91 Å². The zero-order chi connectivity index (χ0) is 14.5. The first-order chi connectivity index (χ1) is 9.56. The summed E-state index contributed by atoms with van der Waals surface area (Å²) in [7, 11) is 0. The lowest BCUT2D eigenvalue weighted by molar-refractivity contribution is -0.123. The van der Waals surface area contributed by atoms with Gasteiger partial charge in [-0.3, -0.25) is 4.79 Å². The Morgan fingerprint density at radius 2 is 1.90 bits per heavy atom. The second-order valence-corrected chi connectivity index (χ2v) is 4.58. The molecule has 0 aliphatic carbocycles. The molecule has 2 aromatic carbocycles. The quantitative estimate of drug-likeness (QED) is 0.898. The Balaban J connectivity index is 2.26. The highest BCUT2D eigenvalue weighted by molar-refractivity contribution is 5.95. The molecular weight excluding hydrogens is 254 g/mol. The average molecular weight is 271 g/mol. The van der Waals surface area contributed by atoms with Gasteiger partial charge in [0.2, 0.25) is 0 Å². The van der Waals surface area contributed by atoms with E-state index in [1.54, 1.807) is 12.1 Å². The molecule has 0 spiro atoms. The maximum atomic E-state index is 11.6. The van der Waals surface area contributed by atoms with E-state index in [1.165, 1.54) is 6.92 Å². The molecule has 1 atom stereocenters. The van der Waals surface area contributed by atoms with Crippen LogP contribution >= 0.6 is 0 Å². The number of carbonyl (C=O) groups excluding carboxylic acids is 1. The third-order valence-corrected chi connectivity index (χ3v) is 2.74. The van der Waals surface area contributed by atoms with Crippen LogP contribution < -0.4 is 10.1 Å². The standard InChI is InChI=1S/C16H17NO3/c1-11-8-9-15(20-13-6-4-3-5-7-13)14(10-11)17-16(19)12(2)18/h3-10,12,18H,1-2H3,(H,17,19). The molecule has 1 amide bonds.